The smallest absolute Gasteiger partial charge is 0.260 e. The van der Waals surface area contributed by atoms with E-state index in [-0.39, 0.29) is 5.91 Å². The van der Waals surface area contributed by atoms with Gasteiger partial charge in [0, 0.05) is 18.1 Å². The average molecular weight is 315 g/mol. The van der Waals surface area contributed by atoms with Crippen LogP contribution in [0.3, 0.4) is 0 Å². The van der Waals surface area contributed by atoms with E-state index < -0.39 is 6.10 Å². The predicted octanol–water partition coefficient (Wildman–Crippen LogP) is 2.07. The number of hydrogen-bond acceptors (Lipinski definition) is 3. The number of carbonyl (C=O) groups excluding carboxylic acids is 1. The van der Waals surface area contributed by atoms with Crippen LogP contribution in [0.25, 0.3) is 0 Å². The Balaban J connectivity index is 2.75. The lowest BCUT2D eigenvalue weighted by Crippen LogP contribution is -2.33. The molecule has 0 aromatic heterocycles. The molecule has 18 heavy (non-hydrogen) atoms. The molecule has 0 bridgehead atoms. The highest BCUT2D eigenvalue weighted by Crippen LogP contribution is 2.23. The molecule has 0 aliphatic heterocycles. The minimum absolute atomic E-state index is 0.133. The fourth-order valence-corrected chi connectivity index (χ4v) is 1.87. The van der Waals surface area contributed by atoms with Gasteiger partial charge >= 0.3 is 0 Å². The quantitative estimate of drug-likeness (QED) is 0.845. The molecule has 0 aliphatic rings. The molecule has 100 valence electrons. The van der Waals surface area contributed by atoms with Crippen LogP contribution in [0, 0.1) is 0 Å². The highest BCUT2D eigenvalue weighted by Gasteiger charge is 2.13. The van der Waals surface area contributed by atoms with Gasteiger partial charge in [0.15, 0.2) is 6.10 Å². The summed E-state index contributed by atoms with van der Waals surface area (Å²) < 4.78 is 6.61. The van der Waals surface area contributed by atoms with Crippen LogP contribution < -0.4 is 15.4 Å². The maximum atomic E-state index is 11.4. The Kier molecular flexibility index (Phi) is 6.15. The fraction of sp³-hybridized carbons (Fsp3) is 0.462. The first-order valence-electron chi connectivity index (χ1n) is 5.95. The van der Waals surface area contributed by atoms with Crippen molar-refractivity contribution < 1.29 is 9.53 Å². The van der Waals surface area contributed by atoms with Crippen LogP contribution in [-0.2, 0) is 11.3 Å². The van der Waals surface area contributed by atoms with Gasteiger partial charge in [-0.3, -0.25) is 4.79 Å². The minimum atomic E-state index is -0.497. The van der Waals surface area contributed by atoms with Gasteiger partial charge < -0.3 is 15.4 Å². The molecule has 1 unspecified atom stereocenters. The zero-order valence-corrected chi connectivity index (χ0v) is 12.5. The largest absolute Gasteiger partial charge is 0.481 e. The van der Waals surface area contributed by atoms with Crippen LogP contribution in [0.2, 0.25) is 0 Å². The van der Waals surface area contributed by atoms with Crippen molar-refractivity contribution in [3.63, 3.8) is 0 Å². The summed E-state index contributed by atoms with van der Waals surface area (Å²) in [5, 5.41) is 5.81. The lowest BCUT2D eigenvalue weighted by atomic mass is 10.2. The van der Waals surface area contributed by atoms with E-state index in [0.717, 1.165) is 23.1 Å². The van der Waals surface area contributed by atoms with E-state index >= 15 is 0 Å². The fourth-order valence-electron chi connectivity index (χ4n) is 1.48. The van der Waals surface area contributed by atoms with Gasteiger partial charge in [0.1, 0.15) is 5.75 Å². The Labute approximate surface area is 116 Å². The molecule has 4 nitrogen and oxygen atoms in total. The molecule has 0 fully saturated rings. The molecule has 1 rings (SSSR count). The van der Waals surface area contributed by atoms with Gasteiger partial charge in [-0.05, 0) is 37.2 Å². The molecule has 5 heteroatoms. The number of amides is 1. The third kappa shape index (κ3) is 4.31. The van der Waals surface area contributed by atoms with Crippen molar-refractivity contribution in [1.29, 1.82) is 0 Å². The van der Waals surface area contributed by atoms with Crippen molar-refractivity contribution >= 4 is 21.8 Å². The summed E-state index contributed by atoms with van der Waals surface area (Å²) in [5.41, 5.74) is 1.11. The van der Waals surface area contributed by atoms with Gasteiger partial charge in [0.25, 0.3) is 5.91 Å². The number of halogens is 1. The third-order valence-corrected chi connectivity index (χ3v) is 3.28. The van der Waals surface area contributed by atoms with Crippen molar-refractivity contribution in [3.05, 3.63) is 28.2 Å². The average Bonchev–Trinajstić information content (AvgIpc) is 2.38. The van der Waals surface area contributed by atoms with Gasteiger partial charge in [-0.1, -0.05) is 22.9 Å². The van der Waals surface area contributed by atoms with Crippen molar-refractivity contribution in [1.82, 2.24) is 10.6 Å². The summed E-state index contributed by atoms with van der Waals surface area (Å²) in [6.45, 7) is 5.46. The standard InChI is InChI=1S/C13H19BrN2O2/c1-4-16-8-10-7-11(5-6-12(10)14)18-9(2)13(17)15-3/h5-7,9,16H,4,8H2,1-3H3,(H,15,17). The van der Waals surface area contributed by atoms with Gasteiger partial charge in [-0.25, -0.2) is 0 Å². The molecule has 0 spiro atoms. The first-order valence-corrected chi connectivity index (χ1v) is 6.75. The van der Waals surface area contributed by atoms with Crippen molar-refractivity contribution in [2.45, 2.75) is 26.5 Å². The topological polar surface area (TPSA) is 50.4 Å². The third-order valence-electron chi connectivity index (χ3n) is 2.51. The van der Waals surface area contributed by atoms with E-state index in [2.05, 4.69) is 33.5 Å². The molecule has 1 amide bonds. The van der Waals surface area contributed by atoms with E-state index in [1.165, 1.54) is 0 Å². The first kappa shape index (κ1) is 15.0. The number of rotatable bonds is 6. The van der Waals surface area contributed by atoms with Crippen LogP contribution in [0.5, 0.6) is 5.75 Å². The molecule has 0 aliphatic carbocycles. The zero-order valence-electron chi connectivity index (χ0n) is 10.9. The number of carbonyl (C=O) groups is 1. The minimum Gasteiger partial charge on any atom is -0.481 e. The summed E-state index contributed by atoms with van der Waals surface area (Å²) >= 11 is 3.49. The molecule has 0 radical (unpaired) electrons. The molecule has 0 saturated heterocycles. The Morgan fingerprint density at radius 1 is 1.50 bits per heavy atom. The molecule has 1 atom stereocenters. The van der Waals surface area contributed by atoms with Crippen molar-refractivity contribution in [2.75, 3.05) is 13.6 Å². The lowest BCUT2D eigenvalue weighted by molar-refractivity contribution is -0.126. The van der Waals surface area contributed by atoms with E-state index in [1.54, 1.807) is 14.0 Å². The molecule has 1 aromatic carbocycles. The summed E-state index contributed by atoms with van der Waals surface area (Å²) in [5.74, 6) is 0.563. The maximum absolute atomic E-state index is 11.4. The molecule has 1 aromatic rings. The van der Waals surface area contributed by atoms with Gasteiger partial charge in [-0.15, -0.1) is 0 Å². The van der Waals surface area contributed by atoms with Gasteiger partial charge in [0.05, 0.1) is 0 Å². The second-order valence-corrected chi connectivity index (χ2v) is 4.76. The van der Waals surface area contributed by atoms with Gasteiger partial charge in [-0.2, -0.15) is 0 Å². The predicted molar refractivity (Wildman–Crippen MR) is 75.7 cm³/mol. The summed E-state index contributed by atoms with van der Waals surface area (Å²) in [6.07, 6.45) is -0.497. The lowest BCUT2D eigenvalue weighted by Gasteiger charge is -2.14. The monoisotopic (exact) mass is 314 g/mol. The van der Waals surface area contributed by atoms with Gasteiger partial charge in [0.2, 0.25) is 0 Å². The van der Waals surface area contributed by atoms with E-state index in [0.29, 0.717) is 5.75 Å². The summed E-state index contributed by atoms with van der Waals surface area (Å²) in [6, 6.07) is 5.71. The maximum Gasteiger partial charge on any atom is 0.260 e. The van der Waals surface area contributed by atoms with E-state index in [1.807, 2.05) is 18.2 Å². The Morgan fingerprint density at radius 2 is 2.22 bits per heavy atom. The number of hydrogen-bond donors (Lipinski definition) is 2. The van der Waals surface area contributed by atoms with Crippen molar-refractivity contribution in [2.24, 2.45) is 0 Å². The molecule has 2 N–H and O–H groups in total. The Hall–Kier alpha value is -1.07. The van der Waals surface area contributed by atoms with E-state index in [4.69, 9.17) is 4.74 Å². The molecular formula is C13H19BrN2O2. The van der Waals surface area contributed by atoms with Crippen LogP contribution in [-0.4, -0.2) is 25.6 Å². The summed E-state index contributed by atoms with van der Waals surface area (Å²) in [7, 11) is 1.60. The first-order chi connectivity index (χ1) is 8.58. The number of nitrogens with one attached hydrogen (secondary N) is 2. The normalized spacial score (nSPS) is 12.0. The van der Waals surface area contributed by atoms with Crippen molar-refractivity contribution in [3.8, 4) is 5.75 Å². The number of ether oxygens (including phenoxy) is 1. The van der Waals surface area contributed by atoms with Crippen LogP contribution in [0.1, 0.15) is 19.4 Å². The van der Waals surface area contributed by atoms with E-state index in [9.17, 15) is 4.79 Å². The SMILES string of the molecule is CCNCc1cc(OC(C)C(=O)NC)ccc1Br. The Morgan fingerprint density at radius 3 is 2.83 bits per heavy atom. The highest BCUT2D eigenvalue weighted by molar-refractivity contribution is 9.10. The number of benzene rings is 1. The summed E-state index contributed by atoms with van der Waals surface area (Å²) in [4.78, 5) is 11.4. The van der Waals surface area contributed by atoms with Crippen LogP contribution in [0.4, 0.5) is 0 Å². The number of likely N-dealkylation sites (N-methyl/N-ethyl adjacent to an activating group) is 1. The Bertz CT molecular complexity index is 410. The van der Waals surface area contributed by atoms with Crippen LogP contribution in [0.15, 0.2) is 22.7 Å². The molecule has 0 saturated carbocycles. The molecule has 0 heterocycles. The zero-order chi connectivity index (χ0) is 13.5. The second kappa shape index (κ2) is 7.38. The van der Waals surface area contributed by atoms with Crippen LogP contribution >= 0.6 is 15.9 Å². The second-order valence-electron chi connectivity index (χ2n) is 3.91. The molecular weight excluding hydrogens is 296 g/mol. The highest BCUT2D eigenvalue weighted by atomic mass is 79.9.